The summed E-state index contributed by atoms with van der Waals surface area (Å²) in [7, 11) is 3.06. The summed E-state index contributed by atoms with van der Waals surface area (Å²) in [6.07, 6.45) is 2.33. The molecule has 1 unspecified atom stereocenters. The molecule has 4 rings (SSSR count). The molecule has 0 radical (unpaired) electrons. The Morgan fingerprint density at radius 1 is 1.14 bits per heavy atom. The molecule has 0 amide bonds. The Hall–Kier alpha value is -2.74. The zero-order chi connectivity index (χ0) is 20.7. The van der Waals surface area contributed by atoms with Gasteiger partial charge in [0.15, 0.2) is 11.2 Å². The maximum Gasteiger partial charge on any atom is 0.332 e. The average Bonchev–Trinajstić information content (AvgIpc) is 3.04. The van der Waals surface area contributed by atoms with Crippen LogP contribution < -0.4 is 11.2 Å². The van der Waals surface area contributed by atoms with Gasteiger partial charge in [0, 0.05) is 26.2 Å². The third kappa shape index (κ3) is 3.53. The Kier molecular flexibility index (Phi) is 5.12. The van der Waals surface area contributed by atoms with Crippen LogP contribution in [0.5, 0.6) is 0 Å². The number of imidazole rings is 1. The Bertz CT molecular complexity index is 1180. The number of hydrogen-bond donors (Lipinski definition) is 0. The van der Waals surface area contributed by atoms with Gasteiger partial charge < -0.3 is 4.57 Å². The smallest absolute Gasteiger partial charge is 0.316 e. The van der Waals surface area contributed by atoms with Crippen molar-refractivity contribution < 1.29 is 4.39 Å². The van der Waals surface area contributed by atoms with Gasteiger partial charge in [-0.15, -0.1) is 0 Å². The van der Waals surface area contributed by atoms with Crippen LogP contribution in [-0.4, -0.2) is 36.7 Å². The summed E-state index contributed by atoms with van der Waals surface area (Å²) in [5.41, 5.74) is 0.324. The standard InChI is InChI=1S/C21H26FN5O2/c1-14-7-6-10-26(11-14)13-17-23-19-18(20(28)25(3)21(29)24(19)2)27(17)12-15-8-4-5-9-16(15)22/h4-5,8-9,14H,6-7,10-13H2,1-3H3. The highest BCUT2D eigenvalue weighted by atomic mass is 19.1. The molecule has 0 bridgehead atoms. The third-order valence-electron chi connectivity index (χ3n) is 5.82. The van der Waals surface area contributed by atoms with Crippen molar-refractivity contribution in [2.45, 2.75) is 32.9 Å². The van der Waals surface area contributed by atoms with Gasteiger partial charge in [-0.3, -0.25) is 18.8 Å². The Morgan fingerprint density at radius 2 is 1.90 bits per heavy atom. The molecule has 154 valence electrons. The number of hydrogen-bond acceptors (Lipinski definition) is 4. The van der Waals surface area contributed by atoms with E-state index in [1.807, 2.05) is 0 Å². The first kappa shape index (κ1) is 19.6. The predicted molar refractivity (Wildman–Crippen MR) is 109 cm³/mol. The molecule has 0 spiro atoms. The molecule has 29 heavy (non-hydrogen) atoms. The first-order valence-electron chi connectivity index (χ1n) is 9.97. The van der Waals surface area contributed by atoms with Gasteiger partial charge in [-0.25, -0.2) is 14.2 Å². The number of rotatable bonds is 4. The van der Waals surface area contributed by atoms with Gasteiger partial charge >= 0.3 is 5.69 Å². The second-order valence-electron chi connectivity index (χ2n) is 8.07. The SMILES string of the molecule is CC1CCCN(Cc2nc3c(c(=O)n(C)c(=O)n3C)n2Cc2ccccc2F)C1. The van der Waals surface area contributed by atoms with Crippen LogP contribution in [0.2, 0.25) is 0 Å². The fraction of sp³-hybridized carbons (Fsp3) is 0.476. The van der Waals surface area contributed by atoms with Crippen molar-refractivity contribution in [1.82, 2.24) is 23.6 Å². The highest BCUT2D eigenvalue weighted by Gasteiger charge is 2.23. The van der Waals surface area contributed by atoms with Crippen LogP contribution >= 0.6 is 0 Å². The molecular weight excluding hydrogens is 373 g/mol. The van der Waals surface area contributed by atoms with E-state index in [0.29, 0.717) is 35.0 Å². The zero-order valence-corrected chi connectivity index (χ0v) is 17.1. The molecule has 7 nitrogen and oxygen atoms in total. The molecule has 3 heterocycles. The molecule has 1 aliphatic rings. The monoisotopic (exact) mass is 399 g/mol. The quantitative estimate of drug-likeness (QED) is 0.672. The highest BCUT2D eigenvalue weighted by Crippen LogP contribution is 2.21. The van der Waals surface area contributed by atoms with Crippen molar-refractivity contribution in [2.75, 3.05) is 13.1 Å². The second-order valence-corrected chi connectivity index (χ2v) is 8.07. The molecule has 0 aliphatic carbocycles. The van der Waals surface area contributed by atoms with Gasteiger partial charge in [0.1, 0.15) is 11.6 Å². The lowest BCUT2D eigenvalue weighted by atomic mass is 10.0. The maximum atomic E-state index is 14.4. The van der Waals surface area contributed by atoms with Crippen LogP contribution in [0.1, 0.15) is 31.2 Å². The largest absolute Gasteiger partial charge is 0.332 e. The van der Waals surface area contributed by atoms with Crippen molar-refractivity contribution in [1.29, 1.82) is 0 Å². The summed E-state index contributed by atoms with van der Waals surface area (Å²) in [5.74, 6) is 0.953. The van der Waals surface area contributed by atoms with E-state index in [-0.39, 0.29) is 12.4 Å². The van der Waals surface area contributed by atoms with E-state index >= 15 is 0 Å². The summed E-state index contributed by atoms with van der Waals surface area (Å²) in [6, 6.07) is 6.54. The topological polar surface area (TPSA) is 65.1 Å². The van der Waals surface area contributed by atoms with Crippen LogP contribution in [0.25, 0.3) is 11.2 Å². The van der Waals surface area contributed by atoms with E-state index in [4.69, 9.17) is 0 Å². The van der Waals surface area contributed by atoms with Crippen molar-refractivity contribution in [3.8, 4) is 0 Å². The lowest BCUT2D eigenvalue weighted by Gasteiger charge is -2.30. The van der Waals surface area contributed by atoms with Crippen LogP contribution in [0.15, 0.2) is 33.9 Å². The van der Waals surface area contributed by atoms with Gasteiger partial charge in [-0.05, 0) is 31.4 Å². The minimum absolute atomic E-state index is 0.190. The van der Waals surface area contributed by atoms with Gasteiger partial charge in [-0.1, -0.05) is 25.1 Å². The summed E-state index contributed by atoms with van der Waals surface area (Å²) < 4.78 is 18.6. The number of nitrogens with zero attached hydrogens (tertiary/aromatic N) is 5. The molecule has 1 aromatic carbocycles. The Balaban J connectivity index is 1.88. The van der Waals surface area contributed by atoms with Crippen molar-refractivity contribution in [3.05, 3.63) is 62.3 Å². The first-order chi connectivity index (χ1) is 13.9. The zero-order valence-electron chi connectivity index (χ0n) is 17.1. The van der Waals surface area contributed by atoms with Crippen molar-refractivity contribution in [2.24, 2.45) is 20.0 Å². The molecule has 0 saturated carbocycles. The van der Waals surface area contributed by atoms with Crippen LogP contribution in [-0.2, 0) is 27.2 Å². The Morgan fingerprint density at radius 3 is 2.62 bits per heavy atom. The number of fused-ring (bicyclic) bond motifs is 1. The van der Waals surface area contributed by atoms with Gasteiger partial charge in [-0.2, -0.15) is 0 Å². The molecular formula is C21H26FN5O2. The normalized spacial score (nSPS) is 17.9. The number of benzene rings is 1. The minimum Gasteiger partial charge on any atom is -0.316 e. The lowest BCUT2D eigenvalue weighted by Crippen LogP contribution is -2.37. The number of aryl methyl sites for hydroxylation is 1. The van der Waals surface area contributed by atoms with E-state index in [1.165, 1.54) is 24.1 Å². The Labute approximate surface area is 168 Å². The fourth-order valence-electron chi connectivity index (χ4n) is 4.21. The number of likely N-dealkylation sites (tertiary alicyclic amines) is 1. The molecule has 8 heteroatoms. The number of aromatic nitrogens is 4. The average molecular weight is 399 g/mol. The van der Waals surface area contributed by atoms with E-state index in [0.717, 1.165) is 24.1 Å². The molecule has 0 N–H and O–H groups in total. The van der Waals surface area contributed by atoms with E-state index in [1.54, 1.807) is 29.8 Å². The van der Waals surface area contributed by atoms with Crippen LogP contribution in [0, 0.1) is 11.7 Å². The van der Waals surface area contributed by atoms with E-state index in [9.17, 15) is 14.0 Å². The summed E-state index contributed by atoms with van der Waals surface area (Å²) >= 11 is 0. The van der Waals surface area contributed by atoms with Gasteiger partial charge in [0.05, 0.1) is 13.1 Å². The lowest BCUT2D eigenvalue weighted by molar-refractivity contribution is 0.171. The molecule has 1 atom stereocenters. The molecule has 1 fully saturated rings. The van der Waals surface area contributed by atoms with E-state index in [2.05, 4.69) is 16.8 Å². The number of piperidine rings is 1. The molecule has 1 saturated heterocycles. The van der Waals surface area contributed by atoms with Crippen molar-refractivity contribution >= 4 is 11.2 Å². The van der Waals surface area contributed by atoms with Gasteiger partial charge in [0.25, 0.3) is 5.56 Å². The second kappa shape index (κ2) is 7.59. The first-order valence-corrected chi connectivity index (χ1v) is 9.97. The van der Waals surface area contributed by atoms with Crippen molar-refractivity contribution in [3.63, 3.8) is 0 Å². The predicted octanol–water partition coefficient (Wildman–Crippen LogP) is 1.85. The number of halogens is 1. The van der Waals surface area contributed by atoms with E-state index < -0.39 is 11.2 Å². The van der Waals surface area contributed by atoms with Gasteiger partial charge in [0.2, 0.25) is 0 Å². The maximum absolute atomic E-state index is 14.4. The summed E-state index contributed by atoms with van der Waals surface area (Å²) in [6.45, 7) is 4.90. The van der Waals surface area contributed by atoms with Crippen LogP contribution in [0.4, 0.5) is 4.39 Å². The third-order valence-corrected chi connectivity index (χ3v) is 5.82. The van der Waals surface area contributed by atoms with Crippen LogP contribution in [0.3, 0.4) is 0 Å². The summed E-state index contributed by atoms with van der Waals surface area (Å²) in [5, 5.41) is 0. The molecule has 3 aromatic rings. The molecule has 2 aromatic heterocycles. The highest BCUT2D eigenvalue weighted by molar-refractivity contribution is 5.71. The fourth-order valence-corrected chi connectivity index (χ4v) is 4.21. The molecule has 1 aliphatic heterocycles. The minimum atomic E-state index is -0.420. The summed E-state index contributed by atoms with van der Waals surface area (Å²) in [4.78, 5) is 32.3.